The fraction of sp³-hybridized carbons (Fsp3) is 0.280. The third-order valence-electron chi connectivity index (χ3n) is 5.26. The molecule has 1 N–H and O–H groups in total. The lowest BCUT2D eigenvalue weighted by molar-refractivity contribution is -0.132. The monoisotopic (exact) mass is 479 g/mol. The van der Waals surface area contributed by atoms with Crippen molar-refractivity contribution in [3.05, 3.63) is 70.2 Å². The summed E-state index contributed by atoms with van der Waals surface area (Å²) in [6.45, 7) is 6.57. The van der Waals surface area contributed by atoms with E-state index in [4.69, 9.17) is 9.47 Å². The van der Waals surface area contributed by atoms with Crippen LogP contribution in [-0.2, 0) is 9.59 Å². The van der Waals surface area contributed by atoms with Gasteiger partial charge in [-0.2, -0.15) is 0 Å². The van der Waals surface area contributed by atoms with Crippen LogP contribution in [0, 0.1) is 6.92 Å². The minimum absolute atomic E-state index is 0.0197. The van der Waals surface area contributed by atoms with E-state index in [1.807, 2.05) is 13.8 Å². The van der Waals surface area contributed by atoms with Gasteiger partial charge in [0.05, 0.1) is 24.8 Å². The van der Waals surface area contributed by atoms with E-state index >= 15 is 0 Å². The van der Waals surface area contributed by atoms with Crippen molar-refractivity contribution in [2.24, 2.45) is 0 Å². The number of rotatable bonds is 8. The molecule has 1 unspecified atom stereocenters. The molecule has 0 saturated carbocycles. The number of carbonyl (C=O) groups is 2. The van der Waals surface area contributed by atoms with Crippen molar-refractivity contribution in [2.45, 2.75) is 33.2 Å². The third-order valence-corrected chi connectivity index (χ3v) is 6.10. The van der Waals surface area contributed by atoms with Gasteiger partial charge in [0, 0.05) is 5.56 Å². The second-order valence-electron chi connectivity index (χ2n) is 7.63. The Hall–Kier alpha value is -3.72. The number of anilines is 1. The lowest BCUT2D eigenvalue weighted by Gasteiger charge is -2.23. The fourth-order valence-corrected chi connectivity index (χ4v) is 4.49. The molecule has 176 valence electrons. The van der Waals surface area contributed by atoms with Crippen LogP contribution in [0.4, 0.5) is 5.13 Å². The summed E-state index contributed by atoms with van der Waals surface area (Å²) in [6, 6.07) is 13.0. The maximum Gasteiger partial charge on any atom is 0.301 e. The first-order valence-corrected chi connectivity index (χ1v) is 11.8. The molecule has 1 amide bonds. The highest BCUT2D eigenvalue weighted by Gasteiger charge is 2.48. The molecule has 1 aliphatic heterocycles. The Kier molecular flexibility index (Phi) is 6.93. The summed E-state index contributed by atoms with van der Waals surface area (Å²) in [5, 5.41) is 20.2. The Bertz CT molecular complexity index is 1240. The second kappa shape index (κ2) is 10.0. The van der Waals surface area contributed by atoms with Crippen molar-refractivity contribution in [2.75, 3.05) is 18.1 Å². The molecule has 0 radical (unpaired) electrons. The maximum absolute atomic E-state index is 13.2. The van der Waals surface area contributed by atoms with Crippen LogP contribution in [0.25, 0.3) is 5.76 Å². The molecule has 2 aromatic carbocycles. The maximum atomic E-state index is 13.2. The van der Waals surface area contributed by atoms with Crippen LogP contribution in [0.5, 0.6) is 11.5 Å². The minimum atomic E-state index is -0.910. The highest BCUT2D eigenvalue weighted by Crippen LogP contribution is 2.44. The number of aryl methyl sites for hydroxylation is 1. The van der Waals surface area contributed by atoms with E-state index in [2.05, 4.69) is 10.2 Å². The summed E-state index contributed by atoms with van der Waals surface area (Å²) >= 11 is 1.20. The number of Topliss-reactive ketones (excluding diaryl/α,β-unsaturated/α-hetero) is 1. The number of hydrogen-bond acceptors (Lipinski definition) is 8. The first-order chi connectivity index (χ1) is 16.5. The first-order valence-electron chi connectivity index (χ1n) is 11.0. The van der Waals surface area contributed by atoms with Gasteiger partial charge in [-0.25, -0.2) is 0 Å². The number of nitrogens with zero attached hydrogens (tertiary/aromatic N) is 3. The smallest absolute Gasteiger partial charge is 0.301 e. The SMILES string of the molecule is CCCOc1ccc(C2/C(=C(\O)c3ccccc3)C(=O)C(=O)N2c2nnc(C)s2)cc1OCC. The van der Waals surface area contributed by atoms with Gasteiger partial charge in [0.1, 0.15) is 10.8 Å². The molecule has 1 fully saturated rings. The van der Waals surface area contributed by atoms with E-state index < -0.39 is 17.7 Å². The zero-order chi connectivity index (χ0) is 24.2. The molecule has 1 aromatic heterocycles. The average Bonchev–Trinajstić information content (AvgIpc) is 3.39. The molecule has 34 heavy (non-hydrogen) atoms. The summed E-state index contributed by atoms with van der Waals surface area (Å²) in [5.41, 5.74) is 0.998. The Morgan fingerprint density at radius 3 is 2.47 bits per heavy atom. The average molecular weight is 480 g/mol. The van der Waals surface area contributed by atoms with Gasteiger partial charge in [-0.1, -0.05) is 54.7 Å². The third kappa shape index (κ3) is 4.38. The van der Waals surface area contributed by atoms with Crippen LogP contribution in [0.1, 0.15) is 42.4 Å². The normalized spacial score (nSPS) is 17.3. The van der Waals surface area contributed by atoms with Crippen LogP contribution < -0.4 is 14.4 Å². The molecule has 1 atom stereocenters. The molecule has 0 aliphatic carbocycles. The Balaban J connectivity index is 1.91. The lowest BCUT2D eigenvalue weighted by atomic mass is 9.95. The number of aliphatic hydroxyl groups is 1. The number of hydrogen-bond donors (Lipinski definition) is 1. The predicted octanol–water partition coefficient (Wildman–Crippen LogP) is 4.66. The molecular formula is C25H25N3O5S. The summed E-state index contributed by atoms with van der Waals surface area (Å²) in [7, 11) is 0. The van der Waals surface area contributed by atoms with Gasteiger partial charge in [0.15, 0.2) is 11.5 Å². The lowest BCUT2D eigenvalue weighted by Crippen LogP contribution is -2.29. The van der Waals surface area contributed by atoms with Crippen LogP contribution in [-0.4, -0.2) is 40.2 Å². The van der Waals surface area contributed by atoms with Crippen molar-refractivity contribution >= 4 is 33.9 Å². The first kappa shape index (κ1) is 23.4. The largest absolute Gasteiger partial charge is 0.507 e. The van der Waals surface area contributed by atoms with Gasteiger partial charge in [0.25, 0.3) is 5.78 Å². The van der Waals surface area contributed by atoms with Gasteiger partial charge >= 0.3 is 5.91 Å². The number of ketones is 1. The predicted molar refractivity (Wildman–Crippen MR) is 129 cm³/mol. The molecule has 9 heteroatoms. The Labute approximate surface area is 201 Å². The summed E-state index contributed by atoms with van der Waals surface area (Å²) in [6.07, 6.45) is 0.834. The quantitative estimate of drug-likeness (QED) is 0.285. The molecule has 1 saturated heterocycles. The highest BCUT2D eigenvalue weighted by atomic mass is 32.1. The Morgan fingerprint density at radius 2 is 1.82 bits per heavy atom. The number of aliphatic hydroxyl groups excluding tert-OH is 1. The van der Waals surface area contributed by atoms with Crippen molar-refractivity contribution < 1.29 is 24.2 Å². The van der Waals surface area contributed by atoms with Crippen molar-refractivity contribution in [3.63, 3.8) is 0 Å². The van der Waals surface area contributed by atoms with E-state index in [0.29, 0.717) is 40.8 Å². The van der Waals surface area contributed by atoms with Crippen LogP contribution in [0.3, 0.4) is 0 Å². The van der Waals surface area contributed by atoms with E-state index in [1.54, 1.807) is 55.5 Å². The van der Waals surface area contributed by atoms with Gasteiger partial charge < -0.3 is 14.6 Å². The van der Waals surface area contributed by atoms with E-state index in [-0.39, 0.29) is 16.5 Å². The van der Waals surface area contributed by atoms with Crippen LogP contribution in [0.15, 0.2) is 54.1 Å². The van der Waals surface area contributed by atoms with Crippen LogP contribution in [0.2, 0.25) is 0 Å². The highest BCUT2D eigenvalue weighted by molar-refractivity contribution is 7.15. The van der Waals surface area contributed by atoms with E-state index in [9.17, 15) is 14.7 Å². The van der Waals surface area contributed by atoms with Crippen molar-refractivity contribution in [1.29, 1.82) is 0 Å². The molecule has 0 spiro atoms. The fourth-order valence-electron chi connectivity index (χ4n) is 3.77. The number of benzene rings is 2. The zero-order valence-corrected chi connectivity index (χ0v) is 20.0. The van der Waals surface area contributed by atoms with Gasteiger partial charge in [-0.05, 0) is 38.0 Å². The van der Waals surface area contributed by atoms with Gasteiger partial charge in [-0.15, -0.1) is 10.2 Å². The molecule has 1 aliphatic rings. The molecule has 2 heterocycles. The summed E-state index contributed by atoms with van der Waals surface area (Å²) in [5.74, 6) is -0.755. The number of amides is 1. The molecule has 0 bridgehead atoms. The van der Waals surface area contributed by atoms with Crippen molar-refractivity contribution in [1.82, 2.24) is 10.2 Å². The van der Waals surface area contributed by atoms with E-state index in [0.717, 1.165) is 6.42 Å². The minimum Gasteiger partial charge on any atom is -0.507 e. The van der Waals surface area contributed by atoms with Crippen LogP contribution >= 0.6 is 11.3 Å². The summed E-state index contributed by atoms with van der Waals surface area (Å²) in [4.78, 5) is 27.7. The molecule has 4 rings (SSSR count). The standard InChI is InChI=1S/C25H25N3O5S/c1-4-13-33-18-12-11-17(14-19(18)32-5-2)21-20(22(29)16-9-7-6-8-10-16)23(30)24(31)28(21)25-27-26-15(3)34-25/h6-12,14,21,29H,4-5,13H2,1-3H3/b22-20+. The van der Waals surface area contributed by atoms with Gasteiger partial charge in [-0.3, -0.25) is 14.5 Å². The second-order valence-corrected chi connectivity index (χ2v) is 8.79. The van der Waals surface area contributed by atoms with Crippen molar-refractivity contribution in [3.8, 4) is 11.5 Å². The van der Waals surface area contributed by atoms with Gasteiger partial charge in [0.2, 0.25) is 5.13 Å². The molecule has 8 nitrogen and oxygen atoms in total. The number of carbonyl (C=O) groups excluding carboxylic acids is 2. The van der Waals surface area contributed by atoms with E-state index in [1.165, 1.54) is 16.2 Å². The molecule has 3 aromatic rings. The summed E-state index contributed by atoms with van der Waals surface area (Å²) < 4.78 is 11.6. The Morgan fingerprint density at radius 1 is 1.06 bits per heavy atom. The number of aromatic nitrogens is 2. The number of ether oxygens (including phenoxy) is 2. The topological polar surface area (TPSA) is 102 Å². The zero-order valence-electron chi connectivity index (χ0n) is 19.1. The molecular weight excluding hydrogens is 454 g/mol.